The molecule has 2 aromatic carbocycles. The summed E-state index contributed by atoms with van der Waals surface area (Å²) in [6.45, 7) is 7.45. The number of pyridine rings is 1. The Morgan fingerprint density at radius 3 is 2.51 bits per heavy atom. The summed E-state index contributed by atoms with van der Waals surface area (Å²) in [6, 6.07) is 10.6. The van der Waals surface area contributed by atoms with Gasteiger partial charge in [0.25, 0.3) is 5.91 Å². The van der Waals surface area contributed by atoms with Crippen molar-refractivity contribution in [3.8, 4) is 17.1 Å². The van der Waals surface area contributed by atoms with E-state index in [-0.39, 0.29) is 28.1 Å². The smallest absolute Gasteiger partial charge is 0.258 e. The summed E-state index contributed by atoms with van der Waals surface area (Å²) in [5.74, 6) is 1.33. The lowest BCUT2D eigenvalue weighted by Gasteiger charge is -2.33. The Kier molecular flexibility index (Phi) is 8.02. The SMILES string of the molecule is COc1cncc(-c2nc(N3CCC3)c3ccc(NC(=O)c4c(Cl)ccc(CNC(=O)C(C)(C)C)c4Cl)cc3n2)c1. The predicted octanol–water partition coefficient (Wildman–Crippen LogP) is 6.13. The van der Waals surface area contributed by atoms with E-state index in [1.807, 2.05) is 32.9 Å². The number of ether oxygens (including phenoxy) is 1. The molecule has 1 aliphatic heterocycles. The van der Waals surface area contributed by atoms with Crippen LogP contribution in [0.2, 0.25) is 10.0 Å². The third kappa shape index (κ3) is 6.06. The summed E-state index contributed by atoms with van der Waals surface area (Å²) in [6.07, 6.45) is 4.41. The lowest BCUT2D eigenvalue weighted by atomic mass is 9.95. The summed E-state index contributed by atoms with van der Waals surface area (Å²) < 4.78 is 5.33. The summed E-state index contributed by atoms with van der Waals surface area (Å²) in [7, 11) is 1.58. The van der Waals surface area contributed by atoms with Crippen LogP contribution < -0.4 is 20.3 Å². The molecule has 1 saturated heterocycles. The molecule has 0 radical (unpaired) electrons. The van der Waals surface area contributed by atoms with Gasteiger partial charge in [-0.25, -0.2) is 9.97 Å². The maximum atomic E-state index is 13.4. The molecule has 1 fully saturated rings. The molecule has 0 saturated carbocycles. The zero-order valence-corrected chi connectivity index (χ0v) is 24.7. The van der Waals surface area contributed by atoms with Gasteiger partial charge in [-0.2, -0.15) is 0 Å². The quantitative estimate of drug-likeness (QED) is 0.265. The van der Waals surface area contributed by atoms with E-state index in [0.717, 1.165) is 36.3 Å². The van der Waals surface area contributed by atoms with Crippen LogP contribution in [-0.2, 0) is 11.3 Å². The molecule has 0 spiro atoms. The number of carbonyl (C=O) groups is 2. The van der Waals surface area contributed by atoms with Gasteiger partial charge >= 0.3 is 0 Å². The van der Waals surface area contributed by atoms with Crippen LogP contribution in [0.1, 0.15) is 43.1 Å². The minimum atomic E-state index is -0.558. The number of nitrogens with zero attached hydrogens (tertiary/aromatic N) is 4. The van der Waals surface area contributed by atoms with Crippen LogP contribution in [0.25, 0.3) is 22.3 Å². The molecule has 11 heteroatoms. The van der Waals surface area contributed by atoms with Crippen LogP contribution in [0.15, 0.2) is 48.8 Å². The number of halogens is 2. The molecular weight excluding hydrogens is 563 g/mol. The molecule has 9 nitrogen and oxygen atoms in total. The number of nitrogens with one attached hydrogen (secondary N) is 2. The minimum absolute atomic E-state index is 0.128. The predicted molar refractivity (Wildman–Crippen MR) is 162 cm³/mol. The Bertz CT molecular complexity index is 1650. The second kappa shape index (κ2) is 11.5. The Morgan fingerprint density at radius 2 is 1.83 bits per heavy atom. The zero-order valence-electron chi connectivity index (χ0n) is 23.2. The Morgan fingerprint density at radius 1 is 1.05 bits per heavy atom. The molecule has 3 heterocycles. The fourth-order valence-corrected chi connectivity index (χ4v) is 4.93. The standard InChI is InChI=1S/C30H30Cl2N6O3/c1-30(2,3)29(40)34-15-17-6-9-22(31)24(25(17)32)28(39)35-19-7-8-21-23(13-19)36-26(37-27(21)38-10-5-11-38)18-12-20(41-4)16-33-14-18/h6-9,12-14,16H,5,10-11,15H2,1-4H3,(H,34,40)(H,35,39). The lowest BCUT2D eigenvalue weighted by molar-refractivity contribution is -0.128. The monoisotopic (exact) mass is 592 g/mol. The van der Waals surface area contributed by atoms with Gasteiger partial charge in [-0.05, 0) is 42.3 Å². The van der Waals surface area contributed by atoms with Crippen LogP contribution in [0.3, 0.4) is 0 Å². The topological polar surface area (TPSA) is 109 Å². The number of benzene rings is 2. The number of rotatable bonds is 7. The van der Waals surface area contributed by atoms with E-state index in [1.165, 1.54) is 0 Å². The van der Waals surface area contributed by atoms with Crippen LogP contribution in [0.5, 0.6) is 5.75 Å². The summed E-state index contributed by atoms with van der Waals surface area (Å²) in [5, 5.41) is 7.01. The van der Waals surface area contributed by atoms with Crippen LogP contribution >= 0.6 is 23.2 Å². The van der Waals surface area contributed by atoms with Crippen LogP contribution in [-0.4, -0.2) is 47.0 Å². The second-order valence-electron chi connectivity index (χ2n) is 10.8. The second-order valence-corrected chi connectivity index (χ2v) is 11.6. The number of methoxy groups -OCH3 is 1. The fourth-order valence-electron chi connectivity index (χ4n) is 4.32. The van der Waals surface area contributed by atoms with Gasteiger partial charge in [0.15, 0.2) is 5.82 Å². The molecular formula is C30H30Cl2N6O3. The van der Waals surface area contributed by atoms with Gasteiger partial charge in [0, 0.05) is 47.9 Å². The molecule has 5 rings (SSSR count). The van der Waals surface area contributed by atoms with E-state index < -0.39 is 11.3 Å². The average Bonchev–Trinajstić information content (AvgIpc) is 2.90. The summed E-state index contributed by atoms with van der Waals surface area (Å²) in [5.41, 5.74) is 2.05. The average molecular weight is 594 g/mol. The molecule has 212 valence electrons. The van der Waals surface area contributed by atoms with Crippen LogP contribution in [0, 0.1) is 5.41 Å². The summed E-state index contributed by atoms with van der Waals surface area (Å²) >= 11 is 13.0. The first kappa shape index (κ1) is 28.6. The zero-order chi connectivity index (χ0) is 29.3. The van der Waals surface area contributed by atoms with Gasteiger partial charge in [-0.3, -0.25) is 14.6 Å². The highest BCUT2D eigenvalue weighted by Gasteiger charge is 2.24. The van der Waals surface area contributed by atoms with E-state index >= 15 is 0 Å². The Balaban J connectivity index is 1.46. The number of hydrogen-bond donors (Lipinski definition) is 2. The highest BCUT2D eigenvalue weighted by Crippen LogP contribution is 2.33. The molecule has 2 N–H and O–H groups in total. The molecule has 0 aliphatic carbocycles. The first-order valence-corrected chi connectivity index (χ1v) is 13.9. The molecule has 41 heavy (non-hydrogen) atoms. The number of anilines is 2. The molecule has 2 amide bonds. The minimum Gasteiger partial charge on any atom is -0.495 e. The maximum absolute atomic E-state index is 13.4. The van der Waals surface area contributed by atoms with Crippen molar-refractivity contribution in [2.24, 2.45) is 5.41 Å². The number of hydrogen-bond acceptors (Lipinski definition) is 7. The summed E-state index contributed by atoms with van der Waals surface area (Å²) in [4.78, 5) is 41.8. The van der Waals surface area contributed by atoms with Gasteiger partial charge in [0.2, 0.25) is 5.91 Å². The number of fused-ring (bicyclic) bond motifs is 1. The molecule has 0 bridgehead atoms. The van der Waals surface area contributed by atoms with Crippen molar-refractivity contribution in [3.63, 3.8) is 0 Å². The largest absolute Gasteiger partial charge is 0.495 e. The molecule has 0 atom stereocenters. The fraction of sp³-hybridized carbons (Fsp3) is 0.300. The van der Waals surface area contributed by atoms with Gasteiger partial charge in [0.05, 0.1) is 34.4 Å². The van der Waals surface area contributed by atoms with Crippen molar-refractivity contribution < 1.29 is 14.3 Å². The Hall–Kier alpha value is -3.95. The number of carbonyl (C=O) groups excluding carboxylic acids is 2. The van der Waals surface area contributed by atoms with Crippen molar-refractivity contribution in [1.82, 2.24) is 20.3 Å². The molecule has 0 unspecified atom stereocenters. The highest BCUT2D eigenvalue weighted by molar-refractivity contribution is 6.40. The van der Waals surface area contributed by atoms with Crippen LogP contribution in [0.4, 0.5) is 11.5 Å². The van der Waals surface area contributed by atoms with Gasteiger partial charge in [-0.15, -0.1) is 0 Å². The van der Waals surface area contributed by atoms with Gasteiger partial charge in [-0.1, -0.05) is 50.0 Å². The first-order valence-electron chi connectivity index (χ1n) is 13.2. The molecule has 2 aromatic heterocycles. The highest BCUT2D eigenvalue weighted by atomic mass is 35.5. The van der Waals surface area contributed by atoms with Crippen molar-refractivity contribution >= 4 is 57.4 Å². The van der Waals surface area contributed by atoms with E-state index in [9.17, 15) is 9.59 Å². The first-order chi connectivity index (χ1) is 19.5. The molecule has 1 aliphatic rings. The lowest BCUT2D eigenvalue weighted by Crippen LogP contribution is -2.37. The maximum Gasteiger partial charge on any atom is 0.258 e. The third-order valence-corrected chi connectivity index (χ3v) is 7.56. The van der Waals surface area contributed by atoms with Crippen molar-refractivity contribution in [1.29, 1.82) is 0 Å². The third-order valence-electron chi connectivity index (χ3n) is 6.82. The van der Waals surface area contributed by atoms with Crippen molar-refractivity contribution in [3.05, 3.63) is 70.0 Å². The van der Waals surface area contributed by atoms with Crippen molar-refractivity contribution in [2.75, 3.05) is 30.4 Å². The van der Waals surface area contributed by atoms with Crippen molar-refractivity contribution in [2.45, 2.75) is 33.7 Å². The number of amides is 2. The van der Waals surface area contributed by atoms with E-state index in [2.05, 4.69) is 20.5 Å². The normalized spacial score (nSPS) is 13.1. The number of aromatic nitrogens is 3. The van der Waals surface area contributed by atoms with E-state index in [1.54, 1.807) is 43.8 Å². The van der Waals surface area contributed by atoms with E-state index in [0.29, 0.717) is 28.3 Å². The van der Waals surface area contributed by atoms with E-state index in [4.69, 9.17) is 37.9 Å². The Labute approximate surface area is 248 Å². The van der Waals surface area contributed by atoms with Gasteiger partial charge < -0.3 is 20.3 Å². The molecule has 4 aromatic rings. The van der Waals surface area contributed by atoms with Gasteiger partial charge in [0.1, 0.15) is 11.6 Å².